The number of hydrogen-bond acceptors (Lipinski definition) is 4. The van der Waals surface area contributed by atoms with Gasteiger partial charge in [-0.3, -0.25) is 9.59 Å². The third-order valence-electron chi connectivity index (χ3n) is 3.55. The van der Waals surface area contributed by atoms with Gasteiger partial charge in [-0.1, -0.05) is 12.1 Å². The summed E-state index contributed by atoms with van der Waals surface area (Å²) in [5.41, 5.74) is 0.959. The van der Waals surface area contributed by atoms with Crippen molar-refractivity contribution in [3.05, 3.63) is 58.9 Å². The Bertz CT molecular complexity index is 849. The molecule has 25 heavy (non-hydrogen) atoms. The number of amides is 1. The Morgan fingerprint density at radius 1 is 1.08 bits per heavy atom. The average Bonchev–Trinajstić information content (AvgIpc) is 2.55. The normalized spacial score (nSPS) is 10.2. The minimum atomic E-state index is -1.16. The summed E-state index contributed by atoms with van der Waals surface area (Å²) in [7, 11) is 0. The van der Waals surface area contributed by atoms with Crippen LogP contribution in [0.1, 0.15) is 33.2 Å². The number of benzene rings is 2. The molecular weight excluding hydrogens is 327 g/mol. The van der Waals surface area contributed by atoms with Gasteiger partial charge in [-0.25, -0.2) is 9.18 Å². The van der Waals surface area contributed by atoms with Crippen molar-refractivity contribution in [3.8, 4) is 0 Å². The molecule has 0 aromatic heterocycles. The fraction of sp³-hybridized carbons (Fsp3) is 0.167. The number of aryl methyl sites for hydroxylation is 1. The summed E-state index contributed by atoms with van der Waals surface area (Å²) >= 11 is 0. The molecule has 0 atom stereocenters. The van der Waals surface area contributed by atoms with Crippen LogP contribution < -0.4 is 10.6 Å². The molecule has 7 heteroatoms. The standard InChI is InChI=1S/C18H17FN2O4/c1-10-7-16(13(11(2)22)8-14(10)19)20-9-17(23)21-15-6-4-3-5-12(15)18(24)25/h3-8,20H,9H2,1-2H3,(H,21,23)(H,24,25). The van der Waals surface area contributed by atoms with E-state index in [0.29, 0.717) is 11.3 Å². The first kappa shape index (κ1) is 18.1. The summed E-state index contributed by atoms with van der Waals surface area (Å²) < 4.78 is 13.6. The summed E-state index contributed by atoms with van der Waals surface area (Å²) in [5, 5.41) is 14.4. The number of carboxylic acids is 1. The third kappa shape index (κ3) is 4.41. The maximum atomic E-state index is 13.6. The highest BCUT2D eigenvalue weighted by Crippen LogP contribution is 2.21. The number of halogens is 1. The summed E-state index contributed by atoms with van der Waals surface area (Å²) in [6.45, 7) is 2.64. The van der Waals surface area contributed by atoms with E-state index < -0.39 is 17.7 Å². The lowest BCUT2D eigenvalue weighted by Crippen LogP contribution is -2.23. The highest BCUT2D eigenvalue weighted by atomic mass is 19.1. The van der Waals surface area contributed by atoms with Crippen LogP contribution in [0.15, 0.2) is 36.4 Å². The van der Waals surface area contributed by atoms with Crippen LogP contribution >= 0.6 is 0 Å². The van der Waals surface area contributed by atoms with E-state index in [1.165, 1.54) is 25.1 Å². The number of hydrogen-bond donors (Lipinski definition) is 3. The molecule has 3 N–H and O–H groups in total. The minimum absolute atomic E-state index is 0.0297. The van der Waals surface area contributed by atoms with E-state index >= 15 is 0 Å². The molecule has 0 aliphatic rings. The van der Waals surface area contributed by atoms with Crippen molar-refractivity contribution in [2.24, 2.45) is 0 Å². The molecular formula is C18H17FN2O4. The van der Waals surface area contributed by atoms with Gasteiger partial charge in [0.15, 0.2) is 5.78 Å². The molecule has 0 unspecified atom stereocenters. The van der Waals surface area contributed by atoms with Gasteiger partial charge in [-0.2, -0.15) is 0 Å². The molecule has 0 heterocycles. The van der Waals surface area contributed by atoms with Gasteiger partial charge in [0.25, 0.3) is 0 Å². The third-order valence-corrected chi connectivity index (χ3v) is 3.55. The highest BCUT2D eigenvalue weighted by Gasteiger charge is 2.14. The Kier molecular flexibility index (Phi) is 5.49. The Hall–Kier alpha value is -3.22. The zero-order chi connectivity index (χ0) is 18.6. The van der Waals surface area contributed by atoms with Crippen LogP contribution in [-0.2, 0) is 4.79 Å². The maximum Gasteiger partial charge on any atom is 0.337 e. The van der Waals surface area contributed by atoms with E-state index in [4.69, 9.17) is 5.11 Å². The first-order valence-electron chi connectivity index (χ1n) is 7.46. The lowest BCUT2D eigenvalue weighted by atomic mass is 10.1. The molecule has 1 amide bonds. The topological polar surface area (TPSA) is 95.5 Å². The monoisotopic (exact) mass is 344 g/mol. The number of aromatic carboxylic acids is 1. The Morgan fingerprint density at radius 3 is 2.40 bits per heavy atom. The molecule has 0 spiro atoms. The van der Waals surface area contributed by atoms with Crippen molar-refractivity contribution < 1.29 is 23.9 Å². The summed E-state index contributed by atoms with van der Waals surface area (Å²) in [5.74, 6) is -2.49. The van der Waals surface area contributed by atoms with Crippen molar-refractivity contribution in [3.63, 3.8) is 0 Å². The zero-order valence-corrected chi connectivity index (χ0v) is 13.7. The second-order valence-corrected chi connectivity index (χ2v) is 5.46. The van der Waals surface area contributed by atoms with E-state index in [1.807, 2.05) is 0 Å². The van der Waals surface area contributed by atoms with E-state index in [9.17, 15) is 18.8 Å². The Labute approximate surface area is 143 Å². The quantitative estimate of drug-likeness (QED) is 0.700. The van der Waals surface area contributed by atoms with Crippen molar-refractivity contribution in [2.45, 2.75) is 13.8 Å². The number of rotatable bonds is 6. The van der Waals surface area contributed by atoms with Gasteiger partial charge in [0.05, 0.1) is 17.8 Å². The van der Waals surface area contributed by atoms with Crippen LogP contribution in [0.2, 0.25) is 0 Å². The second-order valence-electron chi connectivity index (χ2n) is 5.46. The van der Waals surface area contributed by atoms with Crippen molar-refractivity contribution in [1.82, 2.24) is 0 Å². The van der Waals surface area contributed by atoms with Crippen LogP contribution in [0.25, 0.3) is 0 Å². The number of carboxylic acid groups (broad SMARTS) is 1. The fourth-order valence-corrected chi connectivity index (χ4v) is 2.27. The Morgan fingerprint density at radius 2 is 1.76 bits per heavy atom. The molecule has 0 aliphatic carbocycles. The molecule has 2 aromatic rings. The van der Waals surface area contributed by atoms with Crippen molar-refractivity contribution in [2.75, 3.05) is 17.2 Å². The van der Waals surface area contributed by atoms with E-state index in [1.54, 1.807) is 19.1 Å². The molecule has 130 valence electrons. The number of carbonyl (C=O) groups is 3. The number of nitrogens with one attached hydrogen (secondary N) is 2. The van der Waals surface area contributed by atoms with Crippen LogP contribution in [0.5, 0.6) is 0 Å². The first-order chi connectivity index (χ1) is 11.8. The van der Waals surface area contributed by atoms with Crippen molar-refractivity contribution >= 4 is 29.0 Å². The molecule has 6 nitrogen and oxygen atoms in total. The van der Waals surface area contributed by atoms with Gasteiger partial charge in [-0.15, -0.1) is 0 Å². The summed E-state index contributed by atoms with van der Waals surface area (Å²) in [4.78, 5) is 34.8. The van der Waals surface area contributed by atoms with E-state index in [0.717, 1.165) is 6.07 Å². The smallest absolute Gasteiger partial charge is 0.337 e. The van der Waals surface area contributed by atoms with Gasteiger partial charge < -0.3 is 15.7 Å². The largest absolute Gasteiger partial charge is 0.478 e. The van der Waals surface area contributed by atoms with E-state index in [2.05, 4.69) is 10.6 Å². The van der Waals surface area contributed by atoms with Gasteiger partial charge in [0.2, 0.25) is 5.91 Å². The molecule has 0 saturated carbocycles. The Balaban J connectivity index is 2.12. The second kappa shape index (κ2) is 7.57. The average molecular weight is 344 g/mol. The number of ketones is 1. The van der Waals surface area contributed by atoms with Crippen LogP contribution in [0.4, 0.5) is 15.8 Å². The summed E-state index contributed by atoms with van der Waals surface area (Å²) in [6.07, 6.45) is 0. The SMILES string of the molecule is CC(=O)c1cc(F)c(C)cc1NCC(=O)Nc1ccccc1C(=O)O. The van der Waals surface area contributed by atoms with Gasteiger partial charge in [0, 0.05) is 11.3 Å². The van der Waals surface area contributed by atoms with Gasteiger partial charge in [-0.05, 0) is 43.7 Å². The fourth-order valence-electron chi connectivity index (χ4n) is 2.27. The number of anilines is 2. The molecule has 2 aromatic carbocycles. The predicted octanol–water partition coefficient (Wildman–Crippen LogP) is 3.09. The molecule has 0 bridgehead atoms. The van der Waals surface area contributed by atoms with E-state index in [-0.39, 0.29) is 29.1 Å². The number of para-hydroxylation sites is 1. The minimum Gasteiger partial charge on any atom is -0.478 e. The lowest BCUT2D eigenvalue weighted by Gasteiger charge is -2.13. The lowest BCUT2D eigenvalue weighted by molar-refractivity contribution is -0.114. The predicted molar refractivity (Wildman–Crippen MR) is 91.7 cm³/mol. The van der Waals surface area contributed by atoms with Crippen LogP contribution in [0, 0.1) is 12.7 Å². The number of carbonyl (C=O) groups excluding carboxylic acids is 2. The van der Waals surface area contributed by atoms with Gasteiger partial charge in [0.1, 0.15) is 5.82 Å². The zero-order valence-electron chi connectivity index (χ0n) is 13.7. The summed E-state index contributed by atoms with van der Waals surface area (Å²) in [6, 6.07) is 8.58. The molecule has 0 radical (unpaired) electrons. The maximum absolute atomic E-state index is 13.6. The molecule has 0 saturated heterocycles. The molecule has 2 rings (SSSR count). The first-order valence-corrected chi connectivity index (χ1v) is 7.46. The van der Waals surface area contributed by atoms with Crippen LogP contribution in [0.3, 0.4) is 0 Å². The number of Topliss-reactive ketones (excluding diaryl/α,β-unsaturated/α-hetero) is 1. The van der Waals surface area contributed by atoms with Crippen LogP contribution in [-0.4, -0.2) is 29.3 Å². The molecule has 0 aliphatic heterocycles. The highest BCUT2D eigenvalue weighted by molar-refractivity contribution is 6.03. The van der Waals surface area contributed by atoms with Gasteiger partial charge >= 0.3 is 5.97 Å². The van der Waals surface area contributed by atoms with Crippen molar-refractivity contribution in [1.29, 1.82) is 0 Å². The molecule has 0 fully saturated rings.